The fourth-order valence-corrected chi connectivity index (χ4v) is 4.92. The number of carbonyl (C=O) groups is 1. The van der Waals surface area contributed by atoms with Gasteiger partial charge in [0.15, 0.2) is 5.69 Å². The van der Waals surface area contributed by atoms with Crippen molar-refractivity contribution in [2.45, 2.75) is 63.5 Å². The Balaban J connectivity index is 1.84. The molecule has 0 radical (unpaired) electrons. The van der Waals surface area contributed by atoms with Crippen molar-refractivity contribution < 1.29 is 9.90 Å². The molecule has 1 atom stereocenters. The van der Waals surface area contributed by atoms with Gasteiger partial charge in [0.05, 0.1) is 0 Å². The molecule has 2 aromatic rings. The lowest BCUT2D eigenvalue weighted by atomic mass is 9.76. The summed E-state index contributed by atoms with van der Waals surface area (Å²) < 4.78 is 1.80. The maximum Gasteiger partial charge on any atom is 0.315 e. The number of nitrogens with zero attached hydrogens (tertiary/aromatic N) is 3. The summed E-state index contributed by atoms with van der Waals surface area (Å²) in [7, 11) is 1.73. The lowest BCUT2D eigenvalue weighted by molar-refractivity contribution is 0.0637. The molecule has 1 fully saturated rings. The summed E-state index contributed by atoms with van der Waals surface area (Å²) >= 11 is 0. The third kappa shape index (κ3) is 2.91. The van der Waals surface area contributed by atoms with Gasteiger partial charge in [-0.15, -0.1) is 0 Å². The van der Waals surface area contributed by atoms with Crippen LogP contribution in [0.1, 0.15) is 60.9 Å². The van der Waals surface area contributed by atoms with Crippen LogP contribution in [0.3, 0.4) is 0 Å². The van der Waals surface area contributed by atoms with Crippen molar-refractivity contribution in [1.29, 1.82) is 0 Å². The zero-order valence-corrected chi connectivity index (χ0v) is 16.5. The minimum atomic E-state index is -0.709. The Morgan fingerprint density at radius 3 is 2.50 bits per heavy atom. The number of aromatic hydroxyl groups is 1. The highest BCUT2D eigenvalue weighted by molar-refractivity contribution is 5.95. The summed E-state index contributed by atoms with van der Waals surface area (Å²) in [6.45, 7) is 2.59. The molecule has 4 rings (SSSR count). The van der Waals surface area contributed by atoms with Crippen molar-refractivity contribution in [3.63, 3.8) is 0 Å². The molecule has 1 N–H and O–H groups in total. The second kappa shape index (κ2) is 7.08. The SMILES string of the molecule is CCC1Cn2c(CC3(c4ccccc4)CCCC3)nc(=O)c(O)c2C(=O)N1C. The molecule has 2 aliphatic rings. The first-order valence-corrected chi connectivity index (χ1v) is 10.1. The predicted molar refractivity (Wildman–Crippen MR) is 107 cm³/mol. The topological polar surface area (TPSA) is 75.4 Å². The second-order valence-electron chi connectivity index (χ2n) is 8.15. The van der Waals surface area contributed by atoms with E-state index in [1.165, 1.54) is 5.56 Å². The Labute approximate surface area is 164 Å². The minimum absolute atomic E-state index is 0.0266. The molecule has 1 unspecified atom stereocenters. The fourth-order valence-electron chi connectivity index (χ4n) is 4.92. The molecule has 0 spiro atoms. The summed E-state index contributed by atoms with van der Waals surface area (Å²) in [5.41, 5.74) is 0.560. The standard InChI is InChI=1S/C22H27N3O3/c1-3-16-14-25-17(23-20(27)19(26)18(25)21(28)24(16)2)13-22(11-7-8-12-22)15-9-5-4-6-10-15/h4-6,9-10,16,26H,3,7-8,11-14H2,1-2H3. The van der Waals surface area contributed by atoms with Gasteiger partial charge >= 0.3 is 5.56 Å². The van der Waals surface area contributed by atoms with Gasteiger partial charge in [0.1, 0.15) is 5.82 Å². The Morgan fingerprint density at radius 1 is 1.18 bits per heavy atom. The van der Waals surface area contributed by atoms with Gasteiger partial charge in [-0.2, -0.15) is 4.98 Å². The second-order valence-corrected chi connectivity index (χ2v) is 8.15. The molecule has 28 heavy (non-hydrogen) atoms. The molecule has 2 heterocycles. The van der Waals surface area contributed by atoms with Crippen LogP contribution < -0.4 is 5.56 Å². The van der Waals surface area contributed by atoms with E-state index in [9.17, 15) is 14.7 Å². The van der Waals surface area contributed by atoms with Gasteiger partial charge in [0, 0.05) is 31.5 Å². The van der Waals surface area contributed by atoms with Crippen LogP contribution in [0.15, 0.2) is 35.1 Å². The van der Waals surface area contributed by atoms with Crippen LogP contribution >= 0.6 is 0 Å². The van der Waals surface area contributed by atoms with Crippen molar-refractivity contribution in [1.82, 2.24) is 14.5 Å². The molecule has 6 nitrogen and oxygen atoms in total. The molecule has 1 amide bonds. The smallest absolute Gasteiger partial charge is 0.315 e. The Hall–Kier alpha value is -2.63. The molecule has 1 aliphatic heterocycles. The number of rotatable bonds is 4. The van der Waals surface area contributed by atoms with Crippen molar-refractivity contribution in [2.24, 2.45) is 0 Å². The zero-order chi connectivity index (χ0) is 19.9. The number of hydrogen-bond acceptors (Lipinski definition) is 4. The number of likely N-dealkylation sites (N-methyl/N-ethyl adjacent to an activating group) is 1. The van der Waals surface area contributed by atoms with E-state index in [0.29, 0.717) is 18.8 Å². The molecular weight excluding hydrogens is 354 g/mol. The van der Waals surface area contributed by atoms with Crippen LogP contribution in [-0.2, 0) is 18.4 Å². The summed E-state index contributed by atoms with van der Waals surface area (Å²) in [4.78, 5) is 31.1. The van der Waals surface area contributed by atoms with E-state index < -0.39 is 11.3 Å². The van der Waals surface area contributed by atoms with Crippen LogP contribution in [0.4, 0.5) is 0 Å². The fraction of sp³-hybridized carbons (Fsp3) is 0.500. The van der Waals surface area contributed by atoms with E-state index in [1.807, 2.05) is 25.1 Å². The lowest BCUT2D eigenvalue weighted by Gasteiger charge is -2.37. The molecule has 1 saturated carbocycles. The zero-order valence-electron chi connectivity index (χ0n) is 16.5. The van der Waals surface area contributed by atoms with E-state index in [4.69, 9.17) is 0 Å². The molecule has 1 aliphatic carbocycles. The minimum Gasteiger partial charge on any atom is -0.501 e. The maximum atomic E-state index is 12.9. The summed E-state index contributed by atoms with van der Waals surface area (Å²) in [6, 6.07) is 10.4. The normalized spacial score (nSPS) is 21.0. The predicted octanol–water partition coefficient (Wildman–Crippen LogP) is 2.87. The van der Waals surface area contributed by atoms with Crippen LogP contribution in [0.25, 0.3) is 0 Å². The monoisotopic (exact) mass is 381 g/mol. The first kappa shape index (κ1) is 18.7. The van der Waals surface area contributed by atoms with Crippen molar-refractivity contribution >= 4 is 5.91 Å². The number of fused-ring (bicyclic) bond motifs is 1. The molecule has 0 bridgehead atoms. The van der Waals surface area contributed by atoms with Gasteiger partial charge in [-0.25, -0.2) is 0 Å². The van der Waals surface area contributed by atoms with Crippen molar-refractivity contribution in [2.75, 3.05) is 7.05 Å². The van der Waals surface area contributed by atoms with Gasteiger partial charge in [-0.05, 0) is 24.8 Å². The van der Waals surface area contributed by atoms with Crippen LogP contribution in [-0.4, -0.2) is 38.6 Å². The Bertz CT molecular complexity index is 945. The molecule has 0 saturated heterocycles. The van der Waals surface area contributed by atoms with Crippen molar-refractivity contribution in [3.8, 4) is 5.75 Å². The summed E-state index contributed by atoms with van der Waals surface area (Å²) in [6.07, 6.45) is 5.76. The van der Waals surface area contributed by atoms with Gasteiger partial charge in [-0.1, -0.05) is 50.1 Å². The average molecular weight is 381 g/mol. The first-order chi connectivity index (χ1) is 13.5. The highest BCUT2D eigenvalue weighted by atomic mass is 16.3. The Morgan fingerprint density at radius 2 is 1.86 bits per heavy atom. The van der Waals surface area contributed by atoms with Gasteiger partial charge in [0.25, 0.3) is 5.91 Å². The molecule has 6 heteroatoms. The van der Waals surface area contributed by atoms with Crippen LogP contribution in [0.2, 0.25) is 0 Å². The highest BCUT2D eigenvalue weighted by Crippen LogP contribution is 2.43. The van der Waals surface area contributed by atoms with Crippen molar-refractivity contribution in [3.05, 3.63) is 57.8 Å². The lowest BCUT2D eigenvalue weighted by Crippen LogP contribution is -2.48. The Kier molecular flexibility index (Phi) is 4.73. The number of carbonyl (C=O) groups excluding carboxylic acids is 1. The largest absolute Gasteiger partial charge is 0.501 e. The van der Waals surface area contributed by atoms with E-state index in [2.05, 4.69) is 17.1 Å². The van der Waals surface area contributed by atoms with E-state index in [1.54, 1.807) is 16.5 Å². The summed E-state index contributed by atoms with van der Waals surface area (Å²) in [5, 5.41) is 10.3. The number of amides is 1. The quantitative estimate of drug-likeness (QED) is 0.884. The van der Waals surface area contributed by atoms with E-state index >= 15 is 0 Å². The maximum absolute atomic E-state index is 12.9. The third-order valence-electron chi connectivity index (χ3n) is 6.62. The van der Waals surface area contributed by atoms with E-state index in [-0.39, 0.29) is 23.1 Å². The number of benzene rings is 1. The average Bonchev–Trinajstić information content (AvgIpc) is 3.18. The van der Waals surface area contributed by atoms with Gasteiger partial charge in [-0.3, -0.25) is 9.59 Å². The van der Waals surface area contributed by atoms with E-state index in [0.717, 1.165) is 32.1 Å². The van der Waals surface area contributed by atoms with Gasteiger partial charge in [0.2, 0.25) is 5.75 Å². The number of aromatic nitrogens is 2. The number of hydrogen-bond donors (Lipinski definition) is 1. The third-order valence-corrected chi connectivity index (χ3v) is 6.62. The van der Waals surface area contributed by atoms with Gasteiger partial charge < -0.3 is 14.6 Å². The molecule has 1 aromatic heterocycles. The summed E-state index contributed by atoms with van der Waals surface area (Å²) in [5.74, 6) is -0.227. The first-order valence-electron chi connectivity index (χ1n) is 10.1. The molecular formula is C22H27N3O3. The highest BCUT2D eigenvalue weighted by Gasteiger charge is 2.39. The molecule has 148 valence electrons. The molecule has 1 aromatic carbocycles. The van der Waals surface area contributed by atoms with Crippen LogP contribution in [0, 0.1) is 0 Å². The van der Waals surface area contributed by atoms with Crippen LogP contribution in [0.5, 0.6) is 5.75 Å².